The molecule has 148 valence electrons. The van der Waals surface area contributed by atoms with Crippen molar-refractivity contribution >= 4 is 27.8 Å². The average molecular weight is 399 g/mol. The zero-order chi connectivity index (χ0) is 20.4. The Kier molecular flexibility index (Phi) is 6.06. The number of sulfonamides is 1. The van der Waals surface area contributed by atoms with Gasteiger partial charge in [-0.2, -0.15) is 4.90 Å². The lowest BCUT2D eigenvalue weighted by Gasteiger charge is -2.29. The minimum atomic E-state index is -4.12. The van der Waals surface area contributed by atoms with Crippen LogP contribution in [0.5, 0.6) is 11.5 Å². The van der Waals surface area contributed by atoms with Crippen molar-refractivity contribution in [1.82, 2.24) is 14.5 Å². The van der Waals surface area contributed by atoms with E-state index in [-0.39, 0.29) is 12.4 Å². The molecule has 3 N–H and O–H groups in total. The summed E-state index contributed by atoms with van der Waals surface area (Å²) in [6, 6.07) is 4.55. The molecule has 0 bridgehead atoms. The largest absolute Gasteiger partial charge is 0.493 e. The summed E-state index contributed by atoms with van der Waals surface area (Å²) in [4.78, 5) is 25.8. The maximum atomic E-state index is 12.6. The minimum Gasteiger partial charge on any atom is -0.493 e. The van der Waals surface area contributed by atoms with Gasteiger partial charge >= 0.3 is 6.03 Å². The third kappa shape index (κ3) is 4.03. The summed E-state index contributed by atoms with van der Waals surface area (Å²) in [6.45, 7) is 0.0379. The van der Waals surface area contributed by atoms with Gasteiger partial charge in [-0.3, -0.25) is 10.2 Å². The van der Waals surface area contributed by atoms with Gasteiger partial charge in [-0.15, -0.1) is 0 Å². The molecule has 3 amide bonds. The third-order valence-corrected chi connectivity index (χ3v) is 5.93. The number of methoxy groups -OCH3 is 2. The van der Waals surface area contributed by atoms with E-state index < -0.39 is 27.2 Å². The average Bonchev–Trinajstić information content (AvgIpc) is 2.64. The second kappa shape index (κ2) is 7.92. The van der Waals surface area contributed by atoms with Crippen molar-refractivity contribution in [3.8, 4) is 11.5 Å². The number of rotatable bonds is 7. The Bertz CT molecular complexity index is 846. The molecule has 11 heteroatoms. The van der Waals surface area contributed by atoms with Crippen molar-refractivity contribution in [1.29, 1.82) is 0 Å². The summed E-state index contributed by atoms with van der Waals surface area (Å²) in [5.74, 6) is -0.136. The summed E-state index contributed by atoms with van der Waals surface area (Å²) in [7, 11) is 1.42. The molecule has 1 heterocycles. The van der Waals surface area contributed by atoms with Gasteiger partial charge in [-0.25, -0.2) is 22.8 Å². The summed E-state index contributed by atoms with van der Waals surface area (Å²) >= 11 is 0. The van der Waals surface area contributed by atoms with Crippen LogP contribution in [0.4, 0.5) is 4.79 Å². The van der Waals surface area contributed by atoms with Gasteiger partial charge < -0.3 is 9.47 Å². The molecule has 10 nitrogen and oxygen atoms in total. The number of nitrogens with zero attached hydrogens (tertiary/aromatic N) is 2. The zero-order valence-electron chi connectivity index (χ0n) is 15.6. The van der Waals surface area contributed by atoms with E-state index in [0.717, 1.165) is 15.4 Å². The van der Waals surface area contributed by atoms with E-state index in [1.807, 2.05) is 0 Å². The van der Waals surface area contributed by atoms with Gasteiger partial charge in [-0.05, 0) is 24.1 Å². The number of carbonyl (C=O) groups excluding carboxylic acids is 2. The van der Waals surface area contributed by atoms with Crippen LogP contribution in [0.2, 0.25) is 0 Å². The fourth-order valence-corrected chi connectivity index (χ4v) is 4.11. The van der Waals surface area contributed by atoms with Crippen LogP contribution in [0.15, 0.2) is 18.2 Å². The van der Waals surface area contributed by atoms with E-state index in [1.165, 1.54) is 28.3 Å². The van der Waals surface area contributed by atoms with E-state index in [2.05, 4.69) is 4.72 Å². The lowest BCUT2D eigenvalue weighted by molar-refractivity contribution is -0.140. The van der Waals surface area contributed by atoms with Gasteiger partial charge in [0.25, 0.3) is 17.0 Å². The number of amides is 3. The molecule has 1 aliphatic heterocycles. The molecule has 1 fully saturated rings. The van der Waals surface area contributed by atoms with E-state index in [0.29, 0.717) is 17.9 Å². The SMILES string of the molecule is COc1ccc(CCNS(=O)(=O)C2C(=[NH2+])N(C)C(=O)N(C)C2=O)cc1OC. The number of hydrogen-bond donors (Lipinski definition) is 2. The predicted molar refractivity (Wildman–Crippen MR) is 96.8 cm³/mol. The molecular formula is C16H23N4O6S+. The topological polar surface area (TPSA) is 131 Å². The van der Waals surface area contributed by atoms with Crippen LogP contribution >= 0.6 is 0 Å². The number of nitrogens with two attached hydrogens (primary N) is 1. The third-order valence-electron chi connectivity index (χ3n) is 4.26. The van der Waals surface area contributed by atoms with Crippen molar-refractivity contribution in [3.05, 3.63) is 23.8 Å². The van der Waals surface area contributed by atoms with Crippen LogP contribution in [0.3, 0.4) is 0 Å². The predicted octanol–water partition coefficient (Wildman–Crippen LogP) is -1.78. The maximum Gasteiger partial charge on any atom is 0.417 e. The smallest absolute Gasteiger partial charge is 0.417 e. The van der Waals surface area contributed by atoms with Gasteiger partial charge in [0.05, 0.1) is 21.3 Å². The lowest BCUT2D eigenvalue weighted by atomic mass is 10.1. The number of carbonyl (C=O) groups is 2. The highest BCUT2D eigenvalue weighted by Gasteiger charge is 2.52. The van der Waals surface area contributed by atoms with Crippen molar-refractivity contribution in [3.63, 3.8) is 0 Å². The molecule has 0 saturated carbocycles. The summed E-state index contributed by atoms with van der Waals surface area (Å²) in [5, 5.41) is 4.07. The Morgan fingerprint density at radius 3 is 2.33 bits per heavy atom. The first-order chi connectivity index (χ1) is 12.6. The van der Waals surface area contributed by atoms with E-state index in [1.54, 1.807) is 18.2 Å². The van der Waals surface area contributed by atoms with Crippen LogP contribution in [-0.4, -0.2) is 76.1 Å². The van der Waals surface area contributed by atoms with Crippen molar-refractivity contribution in [2.45, 2.75) is 11.7 Å². The number of benzene rings is 1. The van der Waals surface area contributed by atoms with Gasteiger partial charge in [0.15, 0.2) is 11.5 Å². The highest BCUT2D eigenvalue weighted by molar-refractivity contribution is 7.91. The molecule has 0 spiro atoms. The summed E-state index contributed by atoms with van der Waals surface area (Å²) in [6.07, 6.45) is 0.352. The normalized spacial score (nSPS) is 18.1. The molecule has 1 saturated heterocycles. The highest BCUT2D eigenvalue weighted by Crippen LogP contribution is 2.27. The highest BCUT2D eigenvalue weighted by atomic mass is 32.2. The van der Waals surface area contributed by atoms with E-state index in [4.69, 9.17) is 14.9 Å². The molecular weight excluding hydrogens is 376 g/mol. The second-order valence-electron chi connectivity index (χ2n) is 5.92. The van der Waals surface area contributed by atoms with Crippen molar-refractivity contribution in [2.75, 3.05) is 34.9 Å². The molecule has 2 rings (SSSR count). The van der Waals surface area contributed by atoms with Crippen LogP contribution in [0.1, 0.15) is 5.56 Å². The molecule has 1 aromatic rings. The van der Waals surface area contributed by atoms with Crippen molar-refractivity contribution < 1.29 is 32.9 Å². The molecule has 1 unspecified atom stereocenters. The number of ether oxygens (including phenoxy) is 2. The first-order valence-corrected chi connectivity index (χ1v) is 9.55. The molecule has 1 aliphatic rings. The van der Waals surface area contributed by atoms with E-state index >= 15 is 0 Å². The Balaban J connectivity index is 2.10. The first-order valence-electron chi connectivity index (χ1n) is 8.01. The quantitative estimate of drug-likeness (QED) is 0.557. The number of nitrogens with one attached hydrogen (secondary N) is 1. The fourth-order valence-electron chi connectivity index (χ4n) is 2.66. The second-order valence-corrected chi connectivity index (χ2v) is 7.77. The number of urea groups is 1. The first kappa shape index (κ1) is 20.6. The van der Waals surface area contributed by atoms with Crippen LogP contribution in [-0.2, 0) is 21.2 Å². The summed E-state index contributed by atoms with van der Waals surface area (Å²) in [5.41, 5.74) is 0.812. The van der Waals surface area contributed by atoms with Crippen LogP contribution in [0, 0.1) is 0 Å². The maximum absolute atomic E-state index is 12.6. The van der Waals surface area contributed by atoms with Crippen LogP contribution in [0.25, 0.3) is 0 Å². The molecule has 1 atom stereocenters. The minimum absolute atomic E-state index is 0.0379. The van der Waals surface area contributed by atoms with Gasteiger partial charge in [0.1, 0.15) is 0 Å². The number of hydrogen-bond acceptors (Lipinski definition) is 6. The fraction of sp³-hybridized carbons (Fsp3) is 0.438. The Morgan fingerprint density at radius 1 is 1.11 bits per heavy atom. The van der Waals surface area contributed by atoms with Gasteiger partial charge in [-0.1, -0.05) is 6.07 Å². The monoisotopic (exact) mass is 399 g/mol. The summed E-state index contributed by atoms with van der Waals surface area (Å²) < 4.78 is 37.9. The molecule has 0 radical (unpaired) electrons. The molecule has 0 aromatic heterocycles. The molecule has 1 aromatic carbocycles. The van der Waals surface area contributed by atoms with Gasteiger partial charge in [0.2, 0.25) is 10.0 Å². The Hall–Kier alpha value is -2.66. The van der Waals surface area contributed by atoms with Crippen LogP contribution < -0.4 is 19.6 Å². The molecule has 0 aliphatic carbocycles. The zero-order valence-corrected chi connectivity index (χ0v) is 16.4. The Morgan fingerprint density at radius 2 is 1.74 bits per heavy atom. The van der Waals surface area contributed by atoms with Crippen molar-refractivity contribution in [2.24, 2.45) is 0 Å². The number of imide groups is 1. The standard InChI is InChI=1S/C16H22N4O6S/c1-19-14(17)13(15(21)20(2)16(19)22)27(23,24)18-8-7-10-5-6-11(25-3)12(9-10)26-4/h5-6,9,13,17-18H,7-8H2,1-4H3/p+1. The van der Waals surface area contributed by atoms with Gasteiger partial charge in [0, 0.05) is 13.6 Å². The Labute approximate surface area is 157 Å². The van der Waals surface area contributed by atoms with E-state index in [9.17, 15) is 18.0 Å². The lowest BCUT2D eigenvalue weighted by Crippen LogP contribution is -2.71. The number of amidine groups is 1. The molecule has 27 heavy (non-hydrogen) atoms.